The average molecular weight is 273 g/mol. The molecular formula is C16H19NO3. The summed E-state index contributed by atoms with van der Waals surface area (Å²) in [7, 11) is 3.21. The summed E-state index contributed by atoms with van der Waals surface area (Å²) in [5.74, 6) is -0.100. The molecule has 2 aromatic rings. The smallest absolute Gasteiger partial charge is 0.254 e. The average Bonchev–Trinajstić information content (AvgIpc) is 2.46. The van der Waals surface area contributed by atoms with Gasteiger partial charge >= 0.3 is 0 Å². The van der Waals surface area contributed by atoms with Crippen LogP contribution in [-0.4, -0.2) is 49.3 Å². The van der Waals surface area contributed by atoms with Crippen LogP contribution in [0.1, 0.15) is 10.4 Å². The number of likely N-dealkylation sites (N-methyl/N-ethyl adjacent to an activating group) is 1. The third kappa shape index (κ3) is 3.15. The lowest BCUT2D eigenvalue weighted by Gasteiger charge is -2.21. The van der Waals surface area contributed by atoms with Gasteiger partial charge < -0.3 is 14.7 Å². The molecule has 0 saturated carbocycles. The number of benzene rings is 2. The first kappa shape index (κ1) is 14.5. The van der Waals surface area contributed by atoms with E-state index in [1.807, 2.05) is 42.5 Å². The third-order valence-corrected chi connectivity index (χ3v) is 3.21. The van der Waals surface area contributed by atoms with Crippen LogP contribution in [0, 0.1) is 0 Å². The molecule has 0 aromatic heterocycles. The van der Waals surface area contributed by atoms with Gasteiger partial charge in [0.25, 0.3) is 5.91 Å². The van der Waals surface area contributed by atoms with Crippen LogP contribution in [0.4, 0.5) is 0 Å². The standard InChI is InChI=1S/C16H19NO3/c1-17(10-13(18)11-20-2)16(19)15-9-5-7-12-6-3-4-8-14(12)15/h3-9,13,18H,10-11H2,1-2H3. The van der Waals surface area contributed by atoms with Crippen molar-refractivity contribution in [2.24, 2.45) is 0 Å². The molecular weight excluding hydrogens is 254 g/mol. The number of methoxy groups -OCH3 is 1. The van der Waals surface area contributed by atoms with Gasteiger partial charge in [-0.3, -0.25) is 4.79 Å². The Bertz CT molecular complexity index is 592. The second kappa shape index (κ2) is 6.50. The number of rotatable bonds is 5. The number of aliphatic hydroxyl groups excluding tert-OH is 1. The number of aliphatic hydroxyl groups is 1. The van der Waals surface area contributed by atoms with E-state index in [1.54, 1.807) is 7.05 Å². The van der Waals surface area contributed by atoms with Gasteiger partial charge in [0.15, 0.2) is 0 Å². The topological polar surface area (TPSA) is 49.8 Å². The van der Waals surface area contributed by atoms with E-state index in [0.717, 1.165) is 10.8 Å². The maximum atomic E-state index is 12.5. The largest absolute Gasteiger partial charge is 0.389 e. The van der Waals surface area contributed by atoms with Gasteiger partial charge in [0.1, 0.15) is 0 Å². The van der Waals surface area contributed by atoms with E-state index in [0.29, 0.717) is 5.56 Å². The predicted octanol–water partition coefficient (Wildman–Crippen LogP) is 1.92. The maximum Gasteiger partial charge on any atom is 0.254 e. The Morgan fingerprint density at radius 1 is 1.25 bits per heavy atom. The van der Waals surface area contributed by atoms with E-state index in [2.05, 4.69) is 0 Å². The summed E-state index contributed by atoms with van der Waals surface area (Å²) in [6, 6.07) is 13.4. The quantitative estimate of drug-likeness (QED) is 0.905. The van der Waals surface area contributed by atoms with Crippen molar-refractivity contribution in [3.8, 4) is 0 Å². The molecule has 0 bridgehead atoms. The molecule has 0 heterocycles. The first-order valence-corrected chi connectivity index (χ1v) is 6.53. The van der Waals surface area contributed by atoms with Crippen LogP contribution in [0.2, 0.25) is 0 Å². The van der Waals surface area contributed by atoms with Crippen LogP contribution in [0.15, 0.2) is 42.5 Å². The predicted molar refractivity (Wildman–Crippen MR) is 78.8 cm³/mol. The molecule has 0 spiro atoms. The Balaban J connectivity index is 2.23. The van der Waals surface area contributed by atoms with Crippen molar-refractivity contribution in [3.05, 3.63) is 48.0 Å². The number of carbonyl (C=O) groups excluding carboxylic acids is 1. The normalized spacial score (nSPS) is 12.3. The molecule has 0 aliphatic rings. The van der Waals surface area contributed by atoms with Crippen LogP contribution in [-0.2, 0) is 4.74 Å². The highest BCUT2D eigenvalue weighted by Crippen LogP contribution is 2.19. The summed E-state index contributed by atoms with van der Waals surface area (Å²) in [6.45, 7) is 0.461. The molecule has 20 heavy (non-hydrogen) atoms. The summed E-state index contributed by atoms with van der Waals surface area (Å²) in [4.78, 5) is 14.0. The van der Waals surface area contributed by atoms with Gasteiger partial charge in [-0.05, 0) is 16.8 Å². The van der Waals surface area contributed by atoms with Gasteiger partial charge in [-0.2, -0.15) is 0 Å². The SMILES string of the molecule is COCC(O)CN(C)C(=O)c1cccc2ccccc12. The molecule has 106 valence electrons. The summed E-state index contributed by atoms with van der Waals surface area (Å²) in [5.41, 5.74) is 0.648. The zero-order chi connectivity index (χ0) is 14.5. The molecule has 0 radical (unpaired) electrons. The van der Waals surface area contributed by atoms with Crippen LogP contribution < -0.4 is 0 Å². The van der Waals surface area contributed by atoms with Gasteiger partial charge in [0.2, 0.25) is 0 Å². The van der Waals surface area contributed by atoms with Crippen molar-refractivity contribution in [1.82, 2.24) is 4.90 Å². The highest BCUT2D eigenvalue weighted by molar-refractivity contribution is 6.06. The van der Waals surface area contributed by atoms with Crippen molar-refractivity contribution in [2.75, 3.05) is 27.3 Å². The molecule has 1 atom stereocenters. The summed E-state index contributed by atoms with van der Waals surface area (Å²) in [6.07, 6.45) is -0.677. The molecule has 1 N–H and O–H groups in total. The molecule has 0 fully saturated rings. The van der Waals surface area contributed by atoms with E-state index >= 15 is 0 Å². The van der Waals surface area contributed by atoms with Gasteiger partial charge in [-0.1, -0.05) is 36.4 Å². The number of fused-ring (bicyclic) bond motifs is 1. The number of ether oxygens (including phenoxy) is 1. The number of hydrogen-bond acceptors (Lipinski definition) is 3. The monoisotopic (exact) mass is 273 g/mol. The Hall–Kier alpha value is -1.91. The summed E-state index contributed by atoms with van der Waals surface area (Å²) >= 11 is 0. The lowest BCUT2D eigenvalue weighted by atomic mass is 10.0. The van der Waals surface area contributed by atoms with Crippen LogP contribution in [0.5, 0.6) is 0 Å². The molecule has 4 heteroatoms. The second-order valence-corrected chi connectivity index (χ2v) is 4.82. The van der Waals surface area contributed by atoms with Gasteiger partial charge in [0, 0.05) is 26.3 Å². The van der Waals surface area contributed by atoms with Crippen molar-refractivity contribution in [1.29, 1.82) is 0 Å². The molecule has 0 saturated heterocycles. The summed E-state index contributed by atoms with van der Waals surface area (Å²) < 4.78 is 4.87. The highest BCUT2D eigenvalue weighted by atomic mass is 16.5. The first-order chi connectivity index (χ1) is 9.63. The number of nitrogens with zero attached hydrogens (tertiary/aromatic N) is 1. The van der Waals surface area contributed by atoms with Crippen LogP contribution in [0.25, 0.3) is 10.8 Å². The zero-order valence-electron chi connectivity index (χ0n) is 11.7. The highest BCUT2D eigenvalue weighted by Gasteiger charge is 2.17. The molecule has 0 aliphatic carbocycles. The van der Waals surface area contributed by atoms with E-state index in [1.165, 1.54) is 12.0 Å². The van der Waals surface area contributed by atoms with Gasteiger partial charge in [-0.25, -0.2) is 0 Å². The van der Waals surface area contributed by atoms with Crippen molar-refractivity contribution in [3.63, 3.8) is 0 Å². The minimum absolute atomic E-state index is 0.100. The van der Waals surface area contributed by atoms with Crippen LogP contribution >= 0.6 is 0 Å². The fourth-order valence-corrected chi connectivity index (χ4v) is 2.26. The van der Waals surface area contributed by atoms with Crippen LogP contribution in [0.3, 0.4) is 0 Å². The Kier molecular flexibility index (Phi) is 4.71. The maximum absolute atomic E-state index is 12.5. The molecule has 4 nitrogen and oxygen atoms in total. The number of amides is 1. The number of carbonyl (C=O) groups is 1. The van der Waals surface area contributed by atoms with Crippen molar-refractivity contribution >= 4 is 16.7 Å². The van der Waals surface area contributed by atoms with Gasteiger partial charge in [0.05, 0.1) is 12.7 Å². The molecule has 1 unspecified atom stereocenters. The molecule has 1 amide bonds. The van der Waals surface area contributed by atoms with E-state index in [4.69, 9.17) is 4.74 Å². The van der Waals surface area contributed by atoms with E-state index < -0.39 is 6.10 Å². The fourth-order valence-electron chi connectivity index (χ4n) is 2.26. The molecule has 2 rings (SSSR count). The summed E-state index contributed by atoms with van der Waals surface area (Å²) in [5, 5.41) is 11.7. The Labute approximate surface area is 118 Å². The lowest BCUT2D eigenvalue weighted by Crippen LogP contribution is -2.36. The minimum atomic E-state index is -0.677. The zero-order valence-corrected chi connectivity index (χ0v) is 11.7. The van der Waals surface area contributed by atoms with Gasteiger partial charge in [-0.15, -0.1) is 0 Å². The minimum Gasteiger partial charge on any atom is -0.389 e. The number of hydrogen-bond donors (Lipinski definition) is 1. The van der Waals surface area contributed by atoms with Crippen molar-refractivity contribution in [2.45, 2.75) is 6.10 Å². The Morgan fingerprint density at radius 3 is 2.70 bits per heavy atom. The Morgan fingerprint density at radius 2 is 1.95 bits per heavy atom. The second-order valence-electron chi connectivity index (χ2n) is 4.82. The third-order valence-electron chi connectivity index (χ3n) is 3.21. The lowest BCUT2D eigenvalue weighted by molar-refractivity contribution is 0.0381. The van der Waals surface area contributed by atoms with E-state index in [9.17, 15) is 9.90 Å². The van der Waals surface area contributed by atoms with E-state index in [-0.39, 0.29) is 19.1 Å². The molecule has 2 aromatic carbocycles. The first-order valence-electron chi connectivity index (χ1n) is 6.53. The fraction of sp³-hybridized carbons (Fsp3) is 0.312. The van der Waals surface area contributed by atoms with Crippen molar-refractivity contribution < 1.29 is 14.6 Å². The molecule has 0 aliphatic heterocycles.